The second kappa shape index (κ2) is 6.44. The highest BCUT2D eigenvalue weighted by molar-refractivity contribution is 6.30. The molecule has 0 radical (unpaired) electrons. The summed E-state index contributed by atoms with van der Waals surface area (Å²) in [6.45, 7) is 2.07. The van der Waals surface area contributed by atoms with Gasteiger partial charge in [-0.2, -0.15) is 5.10 Å². The van der Waals surface area contributed by atoms with E-state index in [9.17, 15) is 4.79 Å². The summed E-state index contributed by atoms with van der Waals surface area (Å²) in [5.41, 5.74) is 7.90. The first-order valence-corrected chi connectivity index (χ1v) is 6.69. The molecule has 2 rings (SSSR count). The third-order valence-electron chi connectivity index (χ3n) is 3.03. The molecule has 0 aliphatic carbocycles. The molecule has 2 aromatic rings. The summed E-state index contributed by atoms with van der Waals surface area (Å²) in [7, 11) is 1.78. The molecule has 3 N–H and O–H groups in total. The van der Waals surface area contributed by atoms with E-state index in [1.165, 1.54) is 6.20 Å². The van der Waals surface area contributed by atoms with Crippen molar-refractivity contribution < 1.29 is 4.79 Å². The predicted molar refractivity (Wildman–Crippen MR) is 83.3 cm³/mol. The minimum absolute atomic E-state index is 0.237. The largest absolute Gasteiger partial charge is 0.321 e. The molecule has 0 saturated heterocycles. The van der Waals surface area contributed by atoms with Crippen molar-refractivity contribution in [3.8, 4) is 11.8 Å². The standard InChI is InChI=1S/C15H15ClN4O/c1-10-13(9-18-20(10)2)15(21)19-14-6-5-12(16)8-11(14)4-3-7-17/h5-6,8-9H,7,17H2,1-2H3,(H,19,21). The van der Waals surface area contributed by atoms with Gasteiger partial charge in [0.15, 0.2) is 0 Å². The summed E-state index contributed by atoms with van der Waals surface area (Å²) >= 11 is 5.95. The van der Waals surface area contributed by atoms with Crippen molar-refractivity contribution >= 4 is 23.2 Å². The number of aryl methyl sites for hydroxylation is 1. The Kier molecular flexibility index (Phi) is 4.63. The molecule has 0 bridgehead atoms. The van der Waals surface area contributed by atoms with E-state index in [1.54, 1.807) is 29.9 Å². The number of benzene rings is 1. The third kappa shape index (κ3) is 3.43. The first-order chi connectivity index (χ1) is 10.0. The average molecular weight is 303 g/mol. The van der Waals surface area contributed by atoms with Crippen LogP contribution < -0.4 is 11.1 Å². The van der Waals surface area contributed by atoms with Gasteiger partial charge in [-0.1, -0.05) is 23.4 Å². The molecule has 1 amide bonds. The van der Waals surface area contributed by atoms with Crippen LogP contribution in [-0.4, -0.2) is 22.2 Å². The van der Waals surface area contributed by atoms with Gasteiger partial charge in [0.2, 0.25) is 0 Å². The van der Waals surface area contributed by atoms with E-state index in [4.69, 9.17) is 17.3 Å². The van der Waals surface area contributed by atoms with Gasteiger partial charge in [-0.25, -0.2) is 0 Å². The lowest BCUT2D eigenvalue weighted by Gasteiger charge is -2.08. The highest BCUT2D eigenvalue weighted by atomic mass is 35.5. The Balaban J connectivity index is 2.31. The van der Waals surface area contributed by atoms with E-state index in [2.05, 4.69) is 22.3 Å². The number of hydrogen-bond acceptors (Lipinski definition) is 3. The van der Waals surface area contributed by atoms with Crippen molar-refractivity contribution in [2.45, 2.75) is 6.92 Å². The van der Waals surface area contributed by atoms with E-state index in [0.29, 0.717) is 21.8 Å². The number of nitrogens with two attached hydrogens (primary N) is 1. The third-order valence-corrected chi connectivity index (χ3v) is 3.27. The van der Waals surface area contributed by atoms with Crippen LogP contribution in [0.15, 0.2) is 24.4 Å². The van der Waals surface area contributed by atoms with Crippen molar-refractivity contribution in [3.63, 3.8) is 0 Å². The Hall–Kier alpha value is -2.29. The molecule has 1 heterocycles. The number of nitrogens with zero attached hydrogens (tertiary/aromatic N) is 2. The summed E-state index contributed by atoms with van der Waals surface area (Å²) in [5, 5.41) is 7.43. The van der Waals surface area contributed by atoms with Crippen LogP contribution in [0.1, 0.15) is 21.6 Å². The lowest BCUT2D eigenvalue weighted by atomic mass is 10.1. The number of hydrogen-bond donors (Lipinski definition) is 2. The van der Waals surface area contributed by atoms with Crippen LogP contribution in [-0.2, 0) is 7.05 Å². The normalized spacial score (nSPS) is 9.90. The highest BCUT2D eigenvalue weighted by Crippen LogP contribution is 2.21. The summed E-state index contributed by atoms with van der Waals surface area (Å²) in [5.74, 6) is 5.41. The smallest absolute Gasteiger partial charge is 0.259 e. The molecule has 1 aromatic heterocycles. The molecule has 0 fully saturated rings. The maximum Gasteiger partial charge on any atom is 0.259 e. The topological polar surface area (TPSA) is 72.9 Å². The molecule has 5 nitrogen and oxygen atoms in total. The monoisotopic (exact) mass is 302 g/mol. The van der Waals surface area contributed by atoms with Crippen LogP contribution in [0.3, 0.4) is 0 Å². The first kappa shape index (κ1) is 15.1. The number of anilines is 1. The fraction of sp³-hybridized carbons (Fsp3) is 0.200. The summed E-state index contributed by atoms with van der Waals surface area (Å²) < 4.78 is 1.64. The molecule has 0 unspecified atom stereocenters. The fourth-order valence-corrected chi connectivity index (χ4v) is 1.96. The zero-order valence-electron chi connectivity index (χ0n) is 11.8. The van der Waals surface area contributed by atoms with Gasteiger partial charge in [0.05, 0.1) is 24.0 Å². The van der Waals surface area contributed by atoms with E-state index >= 15 is 0 Å². The number of amides is 1. The zero-order chi connectivity index (χ0) is 15.4. The minimum atomic E-state index is -0.237. The van der Waals surface area contributed by atoms with Crippen molar-refractivity contribution in [2.24, 2.45) is 12.8 Å². The SMILES string of the molecule is Cc1c(C(=O)Nc2ccc(Cl)cc2C#CCN)cnn1C. The molecule has 6 heteroatoms. The van der Waals surface area contributed by atoms with Gasteiger partial charge in [0.1, 0.15) is 0 Å². The molecule has 0 spiro atoms. The molecular formula is C15H15ClN4O. The quantitative estimate of drug-likeness (QED) is 0.833. The zero-order valence-corrected chi connectivity index (χ0v) is 12.5. The van der Waals surface area contributed by atoms with Crippen LogP contribution >= 0.6 is 11.6 Å². The van der Waals surface area contributed by atoms with Gasteiger partial charge in [0, 0.05) is 23.3 Å². The second-order valence-corrected chi connectivity index (χ2v) is 4.85. The minimum Gasteiger partial charge on any atom is -0.321 e. The molecular weight excluding hydrogens is 288 g/mol. The van der Waals surface area contributed by atoms with E-state index < -0.39 is 0 Å². The number of nitrogens with one attached hydrogen (secondary N) is 1. The number of carbonyl (C=O) groups is 1. The lowest BCUT2D eigenvalue weighted by molar-refractivity contribution is 0.102. The molecule has 0 saturated carbocycles. The van der Waals surface area contributed by atoms with Crippen molar-refractivity contribution in [1.82, 2.24) is 9.78 Å². The van der Waals surface area contributed by atoms with Crippen LogP contribution in [0, 0.1) is 18.8 Å². The molecule has 1 aromatic carbocycles. The summed E-state index contributed by atoms with van der Waals surface area (Å²) in [4.78, 5) is 12.3. The number of halogens is 1. The van der Waals surface area contributed by atoms with Gasteiger partial charge in [0.25, 0.3) is 5.91 Å². The van der Waals surface area contributed by atoms with E-state index in [-0.39, 0.29) is 12.5 Å². The summed E-state index contributed by atoms with van der Waals surface area (Å²) in [6.07, 6.45) is 1.53. The Bertz CT molecular complexity index is 740. The maximum atomic E-state index is 12.3. The number of rotatable bonds is 2. The second-order valence-electron chi connectivity index (χ2n) is 4.42. The molecule has 21 heavy (non-hydrogen) atoms. The lowest BCUT2D eigenvalue weighted by Crippen LogP contribution is -2.14. The van der Waals surface area contributed by atoms with Crippen molar-refractivity contribution in [2.75, 3.05) is 11.9 Å². The fourth-order valence-electron chi connectivity index (χ4n) is 1.79. The maximum absolute atomic E-state index is 12.3. The highest BCUT2D eigenvalue weighted by Gasteiger charge is 2.14. The van der Waals surface area contributed by atoms with E-state index in [1.807, 2.05) is 6.92 Å². The van der Waals surface area contributed by atoms with Crippen molar-refractivity contribution in [3.05, 3.63) is 46.2 Å². The van der Waals surface area contributed by atoms with Gasteiger partial charge >= 0.3 is 0 Å². The molecule has 108 valence electrons. The van der Waals surface area contributed by atoms with Gasteiger partial charge in [-0.15, -0.1) is 0 Å². The predicted octanol–water partition coefficient (Wildman–Crippen LogP) is 1.94. The Morgan fingerprint density at radius 1 is 1.52 bits per heavy atom. The van der Waals surface area contributed by atoms with Gasteiger partial charge < -0.3 is 11.1 Å². The van der Waals surface area contributed by atoms with Crippen LogP contribution in [0.2, 0.25) is 5.02 Å². The average Bonchev–Trinajstić information content (AvgIpc) is 2.79. The number of carbonyl (C=O) groups excluding carboxylic acids is 1. The Morgan fingerprint density at radius 3 is 2.90 bits per heavy atom. The van der Waals surface area contributed by atoms with E-state index in [0.717, 1.165) is 5.69 Å². The van der Waals surface area contributed by atoms with Gasteiger partial charge in [-0.3, -0.25) is 9.48 Å². The van der Waals surface area contributed by atoms with Crippen LogP contribution in [0.5, 0.6) is 0 Å². The summed E-state index contributed by atoms with van der Waals surface area (Å²) in [6, 6.07) is 5.10. The first-order valence-electron chi connectivity index (χ1n) is 6.31. The van der Waals surface area contributed by atoms with Gasteiger partial charge in [-0.05, 0) is 25.1 Å². The molecule has 0 atom stereocenters. The molecule has 0 aliphatic rings. The Labute approximate surface area is 128 Å². The number of aromatic nitrogens is 2. The molecule has 0 aliphatic heterocycles. The van der Waals surface area contributed by atoms with Crippen molar-refractivity contribution in [1.29, 1.82) is 0 Å². The van der Waals surface area contributed by atoms with Crippen LogP contribution in [0.25, 0.3) is 0 Å². The van der Waals surface area contributed by atoms with Crippen LogP contribution in [0.4, 0.5) is 5.69 Å². The Morgan fingerprint density at radius 2 is 2.29 bits per heavy atom.